The van der Waals surface area contributed by atoms with Crippen LogP contribution in [0.3, 0.4) is 0 Å². The molecule has 1 fully saturated rings. The summed E-state index contributed by atoms with van der Waals surface area (Å²) >= 11 is 0. The van der Waals surface area contributed by atoms with Crippen molar-refractivity contribution in [2.75, 3.05) is 0 Å². The Morgan fingerprint density at radius 1 is 1.08 bits per heavy atom. The topological polar surface area (TPSA) is 57.8 Å². The van der Waals surface area contributed by atoms with Gasteiger partial charge < -0.3 is 10.3 Å². The minimum Gasteiger partial charge on any atom is -0.361 e. The highest BCUT2D eigenvalue weighted by molar-refractivity contribution is 5.93. The summed E-state index contributed by atoms with van der Waals surface area (Å²) in [6.07, 6.45) is 7.77. The number of rotatable bonds is 3. The molecular formula is C20H21N3O. The fourth-order valence-electron chi connectivity index (χ4n) is 3.44. The third-order valence-electron chi connectivity index (χ3n) is 4.77. The van der Waals surface area contributed by atoms with Crippen LogP contribution in [0.2, 0.25) is 0 Å². The van der Waals surface area contributed by atoms with E-state index in [-0.39, 0.29) is 5.91 Å². The molecule has 0 unspecified atom stereocenters. The van der Waals surface area contributed by atoms with Gasteiger partial charge in [0.1, 0.15) is 5.69 Å². The standard InChI is InChI=1S/C20H21N3O/c24-20(22-16-5-2-1-3-6-16)19-8-4-7-18(23-19)14-9-10-17-15(13-14)11-12-21-17/h4,7-13,16,21H,1-3,5-6H2,(H,22,24). The number of hydrogen-bond acceptors (Lipinski definition) is 2. The SMILES string of the molecule is O=C(NC1CCCCC1)c1cccc(-c2ccc3[nH]ccc3c2)n1. The van der Waals surface area contributed by atoms with E-state index in [4.69, 9.17) is 0 Å². The zero-order valence-electron chi connectivity index (χ0n) is 13.6. The van der Waals surface area contributed by atoms with Gasteiger partial charge in [-0.3, -0.25) is 4.79 Å². The average molecular weight is 319 g/mol. The number of carbonyl (C=O) groups is 1. The van der Waals surface area contributed by atoms with Crippen LogP contribution in [0, 0.1) is 0 Å². The minimum atomic E-state index is -0.0635. The summed E-state index contributed by atoms with van der Waals surface area (Å²) in [5.41, 5.74) is 3.45. The number of benzene rings is 1. The van der Waals surface area contributed by atoms with Gasteiger partial charge in [-0.25, -0.2) is 4.98 Å². The molecule has 4 rings (SSSR count). The lowest BCUT2D eigenvalue weighted by atomic mass is 9.95. The molecular weight excluding hydrogens is 298 g/mol. The second kappa shape index (κ2) is 6.48. The Labute approximate surface area is 141 Å². The first kappa shape index (κ1) is 14.9. The molecule has 2 N–H and O–H groups in total. The van der Waals surface area contributed by atoms with Crippen LogP contribution in [0.25, 0.3) is 22.2 Å². The van der Waals surface area contributed by atoms with Crippen LogP contribution in [0.1, 0.15) is 42.6 Å². The van der Waals surface area contributed by atoms with E-state index in [2.05, 4.69) is 21.4 Å². The van der Waals surface area contributed by atoms with Crippen LogP contribution in [0.15, 0.2) is 48.7 Å². The van der Waals surface area contributed by atoms with Crippen molar-refractivity contribution in [2.24, 2.45) is 0 Å². The number of fused-ring (bicyclic) bond motifs is 1. The van der Waals surface area contributed by atoms with Crippen LogP contribution >= 0.6 is 0 Å². The van der Waals surface area contributed by atoms with E-state index in [0.717, 1.165) is 35.0 Å². The number of aromatic amines is 1. The van der Waals surface area contributed by atoms with Crippen LogP contribution in [-0.2, 0) is 0 Å². The van der Waals surface area contributed by atoms with Crippen molar-refractivity contribution in [3.05, 3.63) is 54.4 Å². The Morgan fingerprint density at radius 2 is 1.96 bits per heavy atom. The maximum atomic E-state index is 12.5. The van der Waals surface area contributed by atoms with Crippen molar-refractivity contribution in [2.45, 2.75) is 38.1 Å². The van der Waals surface area contributed by atoms with E-state index < -0.39 is 0 Å². The third-order valence-corrected chi connectivity index (χ3v) is 4.77. The molecule has 2 heterocycles. The lowest BCUT2D eigenvalue weighted by Gasteiger charge is -2.22. The predicted octanol–water partition coefficient (Wildman–Crippen LogP) is 4.29. The molecule has 1 aromatic carbocycles. The van der Waals surface area contributed by atoms with E-state index >= 15 is 0 Å². The van der Waals surface area contributed by atoms with Gasteiger partial charge in [0.05, 0.1) is 5.69 Å². The molecule has 24 heavy (non-hydrogen) atoms. The minimum absolute atomic E-state index is 0.0635. The summed E-state index contributed by atoms with van der Waals surface area (Å²) in [5.74, 6) is -0.0635. The van der Waals surface area contributed by atoms with Gasteiger partial charge in [-0.2, -0.15) is 0 Å². The van der Waals surface area contributed by atoms with E-state index in [1.807, 2.05) is 36.5 Å². The third kappa shape index (κ3) is 3.04. The van der Waals surface area contributed by atoms with Gasteiger partial charge in [-0.15, -0.1) is 0 Å². The summed E-state index contributed by atoms with van der Waals surface area (Å²) in [7, 11) is 0. The molecule has 0 spiro atoms. The van der Waals surface area contributed by atoms with E-state index in [0.29, 0.717) is 11.7 Å². The maximum absolute atomic E-state index is 12.5. The lowest BCUT2D eigenvalue weighted by molar-refractivity contribution is 0.0923. The first-order chi connectivity index (χ1) is 11.8. The first-order valence-electron chi connectivity index (χ1n) is 8.65. The van der Waals surface area contributed by atoms with Crippen molar-refractivity contribution in [3.8, 4) is 11.3 Å². The molecule has 2 aromatic heterocycles. The summed E-state index contributed by atoms with van der Waals surface area (Å²) < 4.78 is 0. The van der Waals surface area contributed by atoms with Gasteiger partial charge in [0, 0.05) is 28.7 Å². The second-order valence-corrected chi connectivity index (χ2v) is 6.50. The second-order valence-electron chi connectivity index (χ2n) is 6.50. The van der Waals surface area contributed by atoms with Gasteiger partial charge in [0.2, 0.25) is 0 Å². The highest BCUT2D eigenvalue weighted by atomic mass is 16.1. The lowest BCUT2D eigenvalue weighted by Crippen LogP contribution is -2.36. The molecule has 0 radical (unpaired) electrons. The molecule has 4 heteroatoms. The van der Waals surface area contributed by atoms with Crippen LogP contribution in [0.4, 0.5) is 0 Å². The summed E-state index contributed by atoms with van der Waals surface area (Å²) in [6.45, 7) is 0. The van der Waals surface area contributed by atoms with Crippen LogP contribution < -0.4 is 5.32 Å². The number of H-pyrrole nitrogens is 1. The molecule has 4 nitrogen and oxygen atoms in total. The first-order valence-corrected chi connectivity index (χ1v) is 8.65. The van der Waals surface area contributed by atoms with Crippen LogP contribution in [0.5, 0.6) is 0 Å². The monoisotopic (exact) mass is 319 g/mol. The highest BCUT2D eigenvalue weighted by Gasteiger charge is 2.17. The number of pyridine rings is 1. The number of hydrogen-bond donors (Lipinski definition) is 2. The largest absolute Gasteiger partial charge is 0.361 e. The van der Waals surface area contributed by atoms with Crippen LogP contribution in [-0.4, -0.2) is 21.9 Å². The zero-order valence-corrected chi connectivity index (χ0v) is 13.6. The average Bonchev–Trinajstić information content (AvgIpc) is 3.10. The Morgan fingerprint density at radius 3 is 2.83 bits per heavy atom. The van der Waals surface area contributed by atoms with Gasteiger partial charge >= 0.3 is 0 Å². The fourth-order valence-corrected chi connectivity index (χ4v) is 3.44. The molecule has 1 amide bonds. The molecule has 1 aliphatic carbocycles. The number of nitrogens with zero attached hydrogens (tertiary/aromatic N) is 1. The smallest absolute Gasteiger partial charge is 0.270 e. The Kier molecular flexibility index (Phi) is 4.03. The molecule has 0 saturated heterocycles. The van der Waals surface area contributed by atoms with E-state index in [1.165, 1.54) is 19.3 Å². The van der Waals surface area contributed by atoms with Gasteiger partial charge in [-0.1, -0.05) is 31.4 Å². The van der Waals surface area contributed by atoms with Gasteiger partial charge in [0.15, 0.2) is 0 Å². The Bertz CT molecular complexity index is 862. The van der Waals surface area contributed by atoms with Crippen molar-refractivity contribution in [3.63, 3.8) is 0 Å². The van der Waals surface area contributed by atoms with Crippen molar-refractivity contribution < 1.29 is 4.79 Å². The predicted molar refractivity (Wildman–Crippen MR) is 95.9 cm³/mol. The quantitative estimate of drug-likeness (QED) is 0.756. The molecule has 0 aliphatic heterocycles. The fraction of sp³-hybridized carbons (Fsp3) is 0.300. The Hall–Kier alpha value is -2.62. The molecule has 1 saturated carbocycles. The molecule has 0 bridgehead atoms. The van der Waals surface area contributed by atoms with Crippen molar-refractivity contribution >= 4 is 16.8 Å². The number of carbonyl (C=O) groups excluding carboxylic acids is 1. The molecule has 122 valence electrons. The normalized spacial score (nSPS) is 15.5. The highest BCUT2D eigenvalue weighted by Crippen LogP contribution is 2.23. The molecule has 0 atom stereocenters. The zero-order chi connectivity index (χ0) is 16.4. The number of aromatic nitrogens is 2. The van der Waals surface area contributed by atoms with Gasteiger partial charge in [-0.05, 0) is 43.2 Å². The summed E-state index contributed by atoms with van der Waals surface area (Å²) in [4.78, 5) is 20.3. The number of amides is 1. The van der Waals surface area contributed by atoms with Crippen molar-refractivity contribution in [1.29, 1.82) is 0 Å². The Balaban J connectivity index is 1.57. The summed E-state index contributed by atoms with van der Waals surface area (Å²) in [6, 6.07) is 14.1. The van der Waals surface area contributed by atoms with E-state index in [1.54, 1.807) is 6.07 Å². The van der Waals surface area contributed by atoms with E-state index in [9.17, 15) is 4.79 Å². The molecule has 3 aromatic rings. The molecule has 1 aliphatic rings. The number of nitrogens with one attached hydrogen (secondary N) is 2. The van der Waals surface area contributed by atoms with Crippen molar-refractivity contribution in [1.82, 2.24) is 15.3 Å². The maximum Gasteiger partial charge on any atom is 0.270 e. The van der Waals surface area contributed by atoms with Gasteiger partial charge in [0.25, 0.3) is 5.91 Å². The summed E-state index contributed by atoms with van der Waals surface area (Å²) in [5, 5.41) is 4.28.